The van der Waals surface area contributed by atoms with Crippen molar-refractivity contribution in [1.82, 2.24) is 9.82 Å². The van der Waals surface area contributed by atoms with E-state index in [1.165, 1.54) is 12.3 Å². The second-order valence-electron chi connectivity index (χ2n) is 3.71. The number of rotatable bonds is 8. The van der Waals surface area contributed by atoms with Gasteiger partial charge in [-0.15, -0.1) is 0 Å². The zero-order chi connectivity index (χ0) is 15.2. The Labute approximate surface area is 116 Å². The third-order valence-electron chi connectivity index (χ3n) is 2.21. The number of aromatic nitrogens is 1. The van der Waals surface area contributed by atoms with Gasteiger partial charge in [0.05, 0.1) is 13.2 Å². The number of hydrogen-bond acceptors (Lipinski definition) is 6. The number of sulfonamides is 1. The van der Waals surface area contributed by atoms with E-state index in [0.29, 0.717) is 17.9 Å². The summed E-state index contributed by atoms with van der Waals surface area (Å²) in [7, 11) is -3.71. The summed E-state index contributed by atoms with van der Waals surface area (Å²) in [4.78, 5) is 5.42. The second kappa shape index (κ2) is 7.29. The van der Waals surface area contributed by atoms with Gasteiger partial charge in [-0.3, -0.25) is 10.8 Å². The van der Waals surface area contributed by atoms with Gasteiger partial charge in [0.2, 0.25) is 10.0 Å². The highest BCUT2D eigenvalue weighted by atomic mass is 32.2. The van der Waals surface area contributed by atoms with Crippen LogP contribution in [-0.2, 0) is 26.1 Å². The summed E-state index contributed by atoms with van der Waals surface area (Å²) in [6.07, 6.45) is 1.37. The lowest BCUT2D eigenvalue weighted by Crippen LogP contribution is -2.33. The van der Waals surface area contributed by atoms with Crippen molar-refractivity contribution in [3.05, 3.63) is 35.9 Å². The maximum atomic E-state index is 13.7. The molecular formula is C11H16FN3O4S. The summed E-state index contributed by atoms with van der Waals surface area (Å²) in [5.41, 5.74) is 0.384. The van der Waals surface area contributed by atoms with Crippen molar-refractivity contribution in [2.45, 2.75) is 13.5 Å². The molecule has 0 fully saturated rings. The Morgan fingerprint density at radius 3 is 2.85 bits per heavy atom. The summed E-state index contributed by atoms with van der Waals surface area (Å²) in [6, 6.07) is 1.19. The highest BCUT2D eigenvalue weighted by Crippen LogP contribution is 2.16. The van der Waals surface area contributed by atoms with Gasteiger partial charge in [0.25, 0.3) is 0 Å². The molecule has 1 rings (SSSR count). The molecule has 0 aromatic carbocycles. The van der Waals surface area contributed by atoms with Crippen molar-refractivity contribution in [2.75, 3.05) is 12.5 Å². The van der Waals surface area contributed by atoms with Crippen LogP contribution in [0.25, 0.3) is 5.76 Å². The molecule has 0 aliphatic carbocycles. The Kier molecular flexibility index (Phi) is 6.02. The van der Waals surface area contributed by atoms with Crippen molar-refractivity contribution in [3.63, 3.8) is 0 Å². The highest BCUT2D eigenvalue weighted by Gasteiger charge is 2.11. The van der Waals surface area contributed by atoms with E-state index in [1.54, 1.807) is 11.8 Å². The maximum absolute atomic E-state index is 13.7. The first-order chi connectivity index (χ1) is 9.39. The molecule has 3 N–H and O–H groups in total. The zero-order valence-electron chi connectivity index (χ0n) is 10.9. The molecular weight excluding hydrogens is 289 g/mol. The molecule has 20 heavy (non-hydrogen) atoms. The molecule has 0 radical (unpaired) electrons. The molecule has 1 aromatic rings. The lowest BCUT2D eigenvalue weighted by Gasteiger charge is -2.09. The molecule has 1 heterocycles. The average molecular weight is 305 g/mol. The normalized spacial score (nSPS) is 11.3. The summed E-state index contributed by atoms with van der Waals surface area (Å²) < 4.78 is 45.6. The largest absolute Gasteiger partial charge is 0.494 e. The first kappa shape index (κ1) is 16.5. The number of halogens is 1. The number of hydrazine groups is 1. The van der Waals surface area contributed by atoms with E-state index in [-0.39, 0.29) is 12.3 Å². The molecule has 0 bridgehead atoms. The van der Waals surface area contributed by atoms with E-state index in [4.69, 9.17) is 15.3 Å². The minimum Gasteiger partial charge on any atom is -0.494 e. The van der Waals surface area contributed by atoms with Crippen molar-refractivity contribution < 1.29 is 22.3 Å². The summed E-state index contributed by atoms with van der Waals surface area (Å²) in [5, 5.41) is 0. The molecule has 112 valence electrons. The Balaban J connectivity index is 2.67. The molecule has 0 amide bonds. The fraction of sp³-hybridized carbons (Fsp3) is 0.364. The minimum absolute atomic E-state index is 0.0229. The molecule has 0 aliphatic rings. The van der Waals surface area contributed by atoms with E-state index in [2.05, 4.69) is 11.6 Å². The molecule has 7 nitrogen and oxygen atoms in total. The molecule has 0 unspecified atom stereocenters. The van der Waals surface area contributed by atoms with E-state index < -0.39 is 21.8 Å². The molecule has 0 saturated heterocycles. The van der Waals surface area contributed by atoms with Gasteiger partial charge in [-0.05, 0) is 13.0 Å². The van der Waals surface area contributed by atoms with Gasteiger partial charge in [-0.1, -0.05) is 6.58 Å². The Morgan fingerprint density at radius 2 is 2.30 bits per heavy atom. The molecule has 0 aliphatic heterocycles. The van der Waals surface area contributed by atoms with Crippen molar-refractivity contribution >= 4 is 15.8 Å². The van der Waals surface area contributed by atoms with Crippen LogP contribution in [-0.4, -0.2) is 25.9 Å². The topological polar surface area (TPSA) is 104 Å². The van der Waals surface area contributed by atoms with Crippen LogP contribution < -0.4 is 10.7 Å². The van der Waals surface area contributed by atoms with Crippen LogP contribution in [0.4, 0.5) is 4.39 Å². The molecule has 0 atom stereocenters. The first-order valence-electron chi connectivity index (χ1n) is 5.64. The second-order valence-corrected chi connectivity index (χ2v) is 5.41. The van der Waals surface area contributed by atoms with Crippen LogP contribution in [0.2, 0.25) is 0 Å². The number of hydrogen-bond donors (Lipinski definition) is 2. The van der Waals surface area contributed by atoms with Gasteiger partial charge in [0, 0.05) is 11.8 Å². The number of nitrogens with two attached hydrogens (primary N) is 1. The summed E-state index contributed by atoms with van der Waals surface area (Å²) in [5.74, 6) is 3.75. The SMILES string of the molecule is C=C(OCC)c1cnc(COCS(=O)(=O)NN)c(F)c1. The minimum atomic E-state index is -3.71. The number of nitrogens with zero attached hydrogens (tertiary/aromatic N) is 1. The number of nitrogens with one attached hydrogen (secondary N) is 1. The van der Waals surface area contributed by atoms with Crippen molar-refractivity contribution in [1.29, 1.82) is 0 Å². The fourth-order valence-corrected chi connectivity index (χ4v) is 1.64. The average Bonchev–Trinajstić information content (AvgIpc) is 2.40. The predicted octanol–water partition coefficient (Wildman–Crippen LogP) is 0.495. The van der Waals surface area contributed by atoms with E-state index in [0.717, 1.165) is 0 Å². The van der Waals surface area contributed by atoms with Gasteiger partial charge in [-0.25, -0.2) is 12.8 Å². The van der Waals surface area contributed by atoms with Crippen LogP contribution in [0.1, 0.15) is 18.2 Å². The lowest BCUT2D eigenvalue weighted by atomic mass is 10.2. The predicted molar refractivity (Wildman–Crippen MR) is 70.8 cm³/mol. The first-order valence-corrected chi connectivity index (χ1v) is 7.29. The van der Waals surface area contributed by atoms with Crippen LogP contribution in [0.3, 0.4) is 0 Å². The van der Waals surface area contributed by atoms with Crippen LogP contribution in [0.15, 0.2) is 18.8 Å². The number of ether oxygens (including phenoxy) is 2. The van der Waals surface area contributed by atoms with Crippen LogP contribution >= 0.6 is 0 Å². The molecule has 9 heteroatoms. The van der Waals surface area contributed by atoms with E-state index >= 15 is 0 Å². The van der Waals surface area contributed by atoms with Gasteiger partial charge in [-0.2, -0.15) is 4.83 Å². The zero-order valence-corrected chi connectivity index (χ0v) is 11.7. The van der Waals surface area contributed by atoms with Crippen LogP contribution in [0.5, 0.6) is 0 Å². The van der Waals surface area contributed by atoms with Crippen LogP contribution in [0, 0.1) is 5.82 Å². The third-order valence-corrected chi connectivity index (χ3v) is 3.05. The highest BCUT2D eigenvalue weighted by molar-refractivity contribution is 7.89. The monoisotopic (exact) mass is 305 g/mol. The standard InChI is InChI=1S/C11H16FN3O4S/c1-3-19-8(2)9-4-10(12)11(14-5-9)6-18-7-20(16,17)15-13/h4-5,15H,2-3,6-7,13H2,1H3. The fourth-order valence-electron chi connectivity index (χ4n) is 1.26. The summed E-state index contributed by atoms with van der Waals surface area (Å²) >= 11 is 0. The van der Waals surface area contributed by atoms with Crippen molar-refractivity contribution in [3.8, 4) is 0 Å². The molecule has 0 saturated carbocycles. The number of pyridine rings is 1. The van der Waals surface area contributed by atoms with Gasteiger partial charge in [0.1, 0.15) is 17.3 Å². The Bertz CT molecular complexity index is 577. The van der Waals surface area contributed by atoms with Gasteiger partial charge < -0.3 is 9.47 Å². The lowest BCUT2D eigenvalue weighted by molar-refractivity contribution is 0.156. The van der Waals surface area contributed by atoms with Crippen molar-refractivity contribution in [2.24, 2.45) is 5.84 Å². The van der Waals surface area contributed by atoms with Gasteiger partial charge in [0.15, 0.2) is 5.94 Å². The van der Waals surface area contributed by atoms with E-state index in [1.807, 2.05) is 0 Å². The van der Waals surface area contributed by atoms with Gasteiger partial charge >= 0.3 is 0 Å². The quantitative estimate of drug-likeness (QED) is 0.412. The summed E-state index contributed by atoms with van der Waals surface area (Å²) in [6.45, 7) is 5.52. The molecule has 0 spiro atoms. The Morgan fingerprint density at radius 1 is 1.60 bits per heavy atom. The van der Waals surface area contributed by atoms with E-state index in [9.17, 15) is 12.8 Å². The maximum Gasteiger partial charge on any atom is 0.248 e. The Hall–Kier alpha value is -1.55. The smallest absolute Gasteiger partial charge is 0.248 e. The molecule has 1 aromatic heterocycles. The third kappa shape index (κ3) is 4.85.